The number of carbonyl (C=O) groups excluding carboxylic acids is 1. The standard InChI is InChI=1S/C24H15F7N6O2/c25-13-7-17(20(32)33-9-13)12-1-4-16(5-2-12)39-22-34-10-15(11-35-22)37-21(38)36-14-3-6-18(23(26,27)28)19(8-14)24(29,30)31/h1-11H,(H2,32,33)(H2,36,37,38). The molecule has 0 atom stereocenters. The van der Waals surface area contributed by atoms with Gasteiger partial charge in [0.05, 0.1) is 35.4 Å². The molecule has 2 heterocycles. The van der Waals surface area contributed by atoms with Crippen LogP contribution in [0, 0.1) is 5.82 Å². The molecule has 0 saturated carbocycles. The fraction of sp³-hybridized carbons (Fsp3) is 0.0833. The van der Waals surface area contributed by atoms with E-state index in [1.165, 1.54) is 6.07 Å². The van der Waals surface area contributed by atoms with Gasteiger partial charge >= 0.3 is 24.4 Å². The minimum Gasteiger partial charge on any atom is -0.424 e. The number of hydrogen-bond acceptors (Lipinski definition) is 6. The minimum absolute atomic E-state index is 0.00670. The predicted octanol–water partition coefficient (Wildman–Crippen LogP) is 6.73. The quantitative estimate of drug-likeness (QED) is 0.237. The fourth-order valence-electron chi connectivity index (χ4n) is 3.32. The zero-order valence-corrected chi connectivity index (χ0v) is 19.2. The molecule has 4 N–H and O–H groups in total. The Morgan fingerprint density at radius 2 is 1.38 bits per heavy atom. The van der Waals surface area contributed by atoms with Crippen molar-refractivity contribution in [3.8, 4) is 22.9 Å². The number of hydrogen-bond donors (Lipinski definition) is 3. The predicted molar refractivity (Wildman–Crippen MR) is 125 cm³/mol. The number of pyridine rings is 1. The molecule has 2 amide bonds. The lowest BCUT2D eigenvalue weighted by molar-refractivity contribution is -0.162. The molecule has 0 spiro atoms. The Labute approximate surface area is 214 Å². The van der Waals surface area contributed by atoms with Gasteiger partial charge in [-0.1, -0.05) is 12.1 Å². The van der Waals surface area contributed by atoms with Gasteiger partial charge in [0.2, 0.25) is 0 Å². The maximum atomic E-state index is 13.5. The Balaban J connectivity index is 1.39. The summed E-state index contributed by atoms with van der Waals surface area (Å²) in [7, 11) is 0. The van der Waals surface area contributed by atoms with Crippen molar-refractivity contribution >= 4 is 23.2 Å². The fourth-order valence-corrected chi connectivity index (χ4v) is 3.32. The summed E-state index contributed by atoms with van der Waals surface area (Å²) in [4.78, 5) is 23.7. The first kappa shape index (κ1) is 27.1. The Morgan fingerprint density at radius 3 is 2.00 bits per heavy atom. The highest BCUT2D eigenvalue weighted by Gasteiger charge is 2.43. The van der Waals surface area contributed by atoms with Crippen LogP contribution in [0.2, 0.25) is 0 Å². The van der Waals surface area contributed by atoms with E-state index in [1.54, 1.807) is 24.3 Å². The van der Waals surface area contributed by atoms with Crippen LogP contribution in [0.15, 0.2) is 67.1 Å². The highest BCUT2D eigenvalue weighted by atomic mass is 19.4. The van der Waals surface area contributed by atoms with Crippen LogP contribution in [0.5, 0.6) is 11.8 Å². The molecule has 0 unspecified atom stereocenters. The molecule has 2 aromatic heterocycles. The second-order valence-corrected chi connectivity index (χ2v) is 7.80. The van der Waals surface area contributed by atoms with Crippen LogP contribution >= 0.6 is 0 Å². The van der Waals surface area contributed by atoms with Crippen LogP contribution in [0.4, 0.5) is 52.7 Å². The van der Waals surface area contributed by atoms with Gasteiger partial charge in [-0.3, -0.25) is 0 Å². The van der Waals surface area contributed by atoms with E-state index >= 15 is 0 Å². The van der Waals surface area contributed by atoms with Gasteiger partial charge in [-0.05, 0) is 42.0 Å². The molecule has 0 aliphatic rings. The molecule has 2 aromatic carbocycles. The van der Waals surface area contributed by atoms with Crippen LogP contribution in [0.25, 0.3) is 11.1 Å². The van der Waals surface area contributed by atoms with Gasteiger partial charge in [0.1, 0.15) is 17.4 Å². The smallest absolute Gasteiger partial charge is 0.417 e. The van der Waals surface area contributed by atoms with Gasteiger partial charge in [-0.25, -0.2) is 24.1 Å². The van der Waals surface area contributed by atoms with Gasteiger partial charge < -0.3 is 21.1 Å². The zero-order valence-electron chi connectivity index (χ0n) is 19.2. The van der Waals surface area contributed by atoms with E-state index in [-0.39, 0.29) is 29.6 Å². The molecule has 0 aliphatic carbocycles. The molecule has 15 heteroatoms. The number of benzene rings is 2. The number of anilines is 3. The van der Waals surface area contributed by atoms with Crippen LogP contribution in [-0.4, -0.2) is 21.0 Å². The van der Waals surface area contributed by atoms with Gasteiger partial charge in [-0.15, -0.1) is 0 Å². The molecule has 0 aliphatic heterocycles. The third kappa shape index (κ3) is 6.68. The van der Waals surface area contributed by atoms with E-state index in [2.05, 4.69) is 20.3 Å². The van der Waals surface area contributed by atoms with E-state index in [1.807, 2.05) is 5.32 Å². The minimum atomic E-state index is -5.30. The monoisotopic (exact) mass is 552 g/mol. The number of halogens is 7. The van der Waals surface area contributed by atoms with Crippen molar-refractivity contribution in [2.75, 3.05) is 16.4 Å². The summed E-state index contributed by atoms with van der Waals surface area (Å²) in [6.45, 7) is 0. The van der Waals surface area contributed by atoms with Crippen LogP contribution in [0.3, 0.4) is 0 Å². The topological polar surface area (TPSA) is 115 Å². The van der Waals surface area contributed by atoms with Crippen molar-refractivity contribution in [3.63, 3.8) is 0 Å². The van der Waals surface area contributed by atoms with Gasteiger partial charge in [0.15, 0.2) is 0 Å². The van der Waals surface area contributed by atoms with Gasteiger partial charge in [0, 0.05) is 11.3 Å². The number of urea groups is 1. The third-order valence-corrected chi connectivity index (χ3v) is 5.03. The molecule has 4 rings (SSSR count). The lowest BCUT2D eigenvalue weighted by atomic mass is 10.1. The van der Waals surface area contributed by atoms with Crippen molar-refractivity contribution in [2.24, 2.45) is 0 Å². The van der Waals surface area contributed by atoms with Crippen molar-refractivity contribution in [1.82, 2.24) is 15.0 Å². The second kappa shape index (κ2) is 10.4. The van der Waals surface area contributed by atoms with Crippen molar-refractivity contribution in [3.05, 3.63) is 84.1 Å². The summed E-state index contributed by atoms with van der Waals surface area (Å²) in [6.07, 6.45) is -7.28. The first-order valence-electron chi connectivity index (χ1n) is 10.7. The average Bonchev–Trinajstić information content (AvgIpc) is 2.86. The number of rotatable bonds is 5. The summed E-state index contributed by atoms with van der Waals surface area (Å²) in [5, 5.41) is 4.26. The SMILES string of the molecule is Nc1ncc(F)cc1-c1ccc(Oc2ncc(NC(=O)Nc3ccc(C(F)(F)F)c(C(F)(F)F)c3)cn2)cc1. The Bertz CT molecular complexity index is 1490. The molecule has 0 bridgehead atoms. The number of aromatic nitrogens is 3. The maximum absolute atomic E-state index is 13.5. The van der Waals surface area contributed by atoms with Crippen molar-refractivity contribution < 1.29 is 40.3 Å². The number of nitrogens with one attached hydrogen (secondary N) is 2. The molecule has 0 saturated heterocycles. The lowest BCUT2D eigenvalue weighted by Gasteiger charge is -2.17. The van der Waals surface area contributed by atoms with Crippen LogP contribution in [-0.2, 0) is 12.4 Å². The first-order chi connectivity index (χ1) is 18.3. The Hall–Kier alpha value is -4.95. The summed E-state index contributed by atoms with van der Waals surface area (Å²) < 4.78 is 96.9. The molecule has 39 heavy (non-hydrogen) atoms. The Morgan fingerprint density at radius 1 is 0.769 bits per heavy atom. The highest BCUT2D eigenvalue weighted by molar-refractivity contribution is 5.99. The van der Waals surface area contributed by atoms with Crippen molar-refractivity contribution in [1.29, 1.82) is 0 Å². The molecule has 4 aromatic rings. The van der Waals surface area contributed by atoms with E-state index in [9.17, 15) is 35.5 Å². The number of alkyl halides is 6. The van der Waals surface area contributed by atoms with E-state index in [0.717, 1.165) is 18.6 Å². The summed E-state index contributed by atoms with van der Waals surface area (Å²) >= 11 is 0. The number of amides is 2. The number of carbonyl (C=O) groups is 1. The zero-order chi connectivity index (χ0) is 28.4. The van der Waals surface area contributed by atoms with E-state index in [0.29, 0.717) is 22.9 Å². The summed E-state index contributed by atoms with van der Waals surface area (Å²) in [5.74, 6) is -0.108. The summed E-state index contributed by atoms with van der Waals surface area (Å²) in [6, 6.07) is 7.45. The van der Waals surface area contributed by atoms with Gasteiger partial charge in [-0.2, -0.15) is 26.3 Å². The average molecular weight is 552 g/mol. The van der Waals surface area contributed by atoms with Crippen LogP contribution in [0.1, 0.15) is 11.1 Å². The lowest BCUT2D eigenvalue weighted by Crippen LogP contribution is -2.21. The molecule has 0 fully saturated rings. The molecular formula is C24H15F7N6O2. The van der Waals surface area contributed by atoms with Crippen molar-refractivity contribution in [2.45, 2.75) is 12.4 Å². The normalized spacial score (nSPS) is 11.7. The Kier molecular flexibility index (Phi) is 7.25. The molecule has 202 valence electrons. The number of nitrogen functional groups attached to an aromatic ring is 1. The summed E-state index contributed by atoms with van der Waals surface area (Å²) in [5.41, 5.74) is 2.40. The number of nitrogens with two attached hydrogens (primary N) is 1. The first-order valence-corrected chi connectivity index (χ1v) is 10.7. The molecule has 0 radical (unpaired) electrons. The third-order valence-electron chi connectivity index (χ3n) is 5.03. The van der Waals surface area contributed by atoms with E-state index in [4.69, 9.17) is 10.5 Å². The second-order valence-electron chi connectivity index (χ2n) is 7.80. The molecular weight excluding hydrogens is 537 g/mol. The molecule has 8 nitrogen and oxygen atoms in total. The van der Waals surface area contributed by atoms with Crippen LogP contribution < -0.4 is 21.1 Å². The van der Waals surface area contributed by atoms with E-state index < -0.39 is 41.0 Å². The largest absolute Gasteiger partial charge is 0.424 e. The maximum Gasteiger partial charge on any atom is 0.417 e. The number of ether oxygens (including phenoxy) is 1. The highest BCUT2D eigenvalue weighted by Crippen LogP contribution is 2.41. The van der Waals surface area contributed by atoms with Gasteiger partial charge in [0.25, 0.3) is 0 Å². The number of nitrogens with zero attached hydrogens (tertiary/aromatic N) is 3.